The highest BCUT2D eigenvalue weighted by molar-refractivity contribution is 7.99. The lowest BCUT2D eigenvalue weighted by molar-refractivity contribution is -0.119. The predicted molar refractivity (Wildman–Crippen MR) is 111 cm³/mol. The van der Waals surface area contributed by atoms with Gasteiger partial charge in [0, 0.05) is 12.1 Å². The van der Waals surface area contributed by atoms with E-state index in [4.69, 9.17) is 0 Å². The Kier molecular flexibility index (Phi) is 6.58. The molecule has 0 saturated heterocycles. The van der Waals surface area contributed by atoms with Crippen LogP contribution in [0.2, 0.25) is 0 Å². The molecule has 1 amide bonds. The van der Waals surface area contributed by atoms with E-state index in [1.807, 2.05) is 31.2 Å². The van der Waals surface area contributed by atoms with Crippen LogP contribution in [0.1, 0.15) is 58.9 Å². The van der Waals surface area contributed by atoms with Crippen LogP contribution in [0.25, 0.3) is 10.9 Å². The Balaban J connectivity index is 1.79. The summed E-state index contributed by atoms with van der Waals surface area (Å²) in [5, 5.41) is 4.43. The fourth-order valence-corrected chi connectivity index (χ4v) is 4.62. The molecule has 146 valence electrons. The van der Waals surface area contributed by atoms with Crippen molar-refractivity contribution in [3.63, 3.8) is 0 Å². The van der Waals surface area contributed by atoms with Crippen molar-refractivity contribution >= 4 is 28.6 Å². The first kappa shape index (κ1) is 19.9. The van der Waals surface area contributed by atoms with Crippen molar-refractivity contribution in [1.29, 1.82) is 0 Å². The lowest BCUT2D eigenvalue weighted by Crippen LogP contribution is -2.42. The van der Waals surface area contributed by atoms with Crippen LogP contribution in [0.4, 0.5) is 0 Å². The van der Waals surface area contributed by atoms with E-state index >= 15 is 0 Å². The largest absolute Gasteiger partial charge is 0.352 e. The summed E-state index contributed by atoms with van der Waals surface area (Å²) in [5.74, 6) is 0.839. The van der Waals surface area contributed by atoms with E-state index in [0.717, 1.165) is 12.8 Å². The highest BCUT2D eigenvalue weighted by Crippen LogP contribution is 2.25. The summed E-state index contributed by atoms with van der Waals surface area (Å²) in [5.41, 5.74) is 0.657. The predicted octanol–water partition coefficient (Wildman–Crippen LogP) is 4.15. The zero-order valence-electron chi connectivity index (χ0n) is 16.4. The molecule has 0 spiro atoms. The van der Waals surface area contributed by atoms with Crippen molar-refractivity contribution in [2.75, 3.05) is 5.75 Å². The molecule has 0 unspecified atom stereocenters. The SMILES string of the molecule is CC[C@H](C)n1c(SCC(=O)N[C@H]2CCCC[C@@H]2C)nc2ccccc2c1=O. The molecule has 0 aliphatic heterocycles. The van der Waals surface area contributed by atoms with Gasteiger partial charge in [-0.1, -0.05) is 50.6 Å². The molecule has 1 N–H and O–H groups in total. The van der Waals surface area contributed by atoms with E-state index in [-0.39, 0.29) is 29.3 Å². The number of hydrogen-bond donors (Lipinski definition) is 1. The van der Waals surface area contributed by atoms with Gasteiger partial charge in [0.05, 0.1) is 16.7 Å². The second kappa shape index (κ2) is 8.91. The summed E-state index contributed by atoms with van der Waals surface area (Å²) in [7, 11) is 0. The molecule has 3 rings (SSSR count). The van der Waals surface area contributed by atoms with E-state index in [1.54, 1.807) is 4.57 Å². The van der Waals surface area contributed by atoms with Crippen LogP contribution in [-0.4, -0.2) is 27.3 Å². The number of carbonyl (C=O) groups is 1. The van der Waals surface area contributed by atoms with Gasteiger partial charge in [-0.3, -0.25) is 14.2 Å². The average molecular weight is 388 g/mol. The first-order valence-electron chi connectivity index (χ1n) is 9.94. The summed E-state index contributed by atoms with van der Waals surface area (Å²) in [6.45, 7) is 6.28. The van der Waals surface area contributed by atoms with Crippen LogP contribution in [0.5, 0.6) is 0 Å². The van der Waals surface area contributed by atoms with E-state index < -0.39 is 0 Å². The van der Waals surface area contributed by atoms with Gasteiger partial charge in [-0.15, -0.1) is 0 Å². The van der Waals surface area contributed by atoms with Crippen LogP contribution in [0, 0.1) is 5.92 Å². The minimum absolute atomic E-state index is 0.0249. The van der Waals surface area contributed by atoms with Crippen molar-refractivity contribution in [1.82, 2.24) is 14.9 Å². The number of nitrogens with one attached hydrogen (secondary N) is 1. The number of nitrogens with zero attached hydrogens (tertiary/aromatic N) is 2. The van der Waals surface area contributed by atoms with Gasteiger partial charge in [0.1, 0.15) is 0 Å². The quantitative estimate of drug-likeness (QED) is 0.597. The molecule has 1 aliphatic rings. The van der Waals surface area contributed by atoms with Crippen molar-refractivity contribution in [3.8, 4) is 0 Å². The van der Waals surface area contributed by atoms with Gasteiger partial charge >= 0.3 is 0 Å². The highest BCUT2D eigenvalue weighted by Gasteiger charge is 2.23. The van der Waals surface area contributed by atoms with E-state index in [0.29, 0.717) is 22.0 Å². The molecule has 5 nitrogen and oxygen atoms in total. The summed E-state index contributed by atoms with van der Waals surface area (Å²) in [6, 6.07) is 7.72. The minimum Gasteiger partial charge on any atom is -0.352 e. The molecular formula is C21H29N3O2S. The lowest BCUT2D eigenvalue weighted by Gasteiger charge is -2.29. The van der Waals surface area contributed by atoms with E-state index in [9.17, 15) is 9.59 Å². The Hall–Kier alpha value is -1.82. The third-order valence-corrected chi connectivity index (χ3v) is 6.55. The van der Waals surface area contributed by atoms with Crippen molar-refractivity contribution in [3.05, 3.63) is 34.6 Å². The van der Waals surface area contributed by atoms with Gasteiger partial charge < -0.3 is 5.32 Å². The van der Waals surface area contributed by atoms with Gasteiger partial charge in [0.15, 0.2) is 5.16 Å². The number of amides is 1. The standard InChI is InChI=1S/C21H29N3O2S/c1-4-15(3)24-20(26)16-10-6-8-12-18(16)23-21(24)27-13-19(25)22-17-11-7-5-9-14(17)2/h6,8,10,12,14-15,17H,4-5,7,9,11,13H2,1-3H3,(H,22,25)/t14-,15-,17-/m0/s1. The second-order valence-electron chi connectivity index (χ2n) is 7.57. The van der Waals surface area contributed by atoms with Gasteiger partial charge in [-0.05, 0) is 44.2 Å². The molecule has 2 aromatic rings. The maximum absolute atomic E-state index is 13.0. The Morgan fingerprint density at radius 1 is 1.33 bits per heavy atom. The zero-order valence-corrected chi connectivity index (χ0v) is 17.2. The van der Waals surface area contributed by atoms with Gasteiger partial charge in [0.2, 0.25) is 5.91 Å². The van der Waals surface area contributed by atoms with Crippen molar-refractivity contribution in [2.24, 2.45) is 5.92 Å². The number of thioether (sulfide) groups is 1. The zero-order chi connectivity index (χ0) is 19.4. The molecule has 0 radical (unpaired) electrons. The fraction of sp³-hybridized carbons (Fsp3) is 0.571. The normalized spacial score (nSPS) is 21.1. The van der Waals surface area contributed by atoms with Crippen molar-refractivity contribution < 1.29 is 4.79 Å². The molecular weight excluding hydrogens is 358 g/mol. The number of fused-ring (bicyclic) bond motifs is 1. The van der Waals surface area contributed by atoms with Crippen LogP contribution >= 0.6 is 11.8 Å². The smallest absolute Gasteiger partial charge is 0.262 e. The van der Waals surface area contributed by atoms with Crippen LogP contribution in [0.3, 0.4) is 0 Å². The lowest BCUT2D eigenvalue weighted by atomic mass is 9.86. The van der Waals surface area contributed by atoms with Crippen LogP contribution < -0.4 is 10.9 Å². The van der Waals surface area contributed by atoms with Gasteiger partial charge in [-0.2, -0.15) is 0 Å². The van der Waals surface area contributed by atoms with Gasteiger partial charge in [0.25, 0.3) is 5.56 Å². The number of carbonyl (C=O) groups excluding carboxylic acids is 1. The van der Waals surface area contributed by atoms with Gasteiger partial charge in [-0.25, -0.2) is 4.98 Å². The summed E-state index contributed by atoms with van der Waals surface area (Å²) < 4.78 is 1.74. The first-order valence-corrected chi connectivity index (χ1v) is 10.9. The molecule has 3 atom stereocenters. The molecule has 1 saturated carbocycles. The number of para-hydroxylation sites is 1. The fourth-order valence-electron chi connectivity index (χ4n) is 3.71. The topological polar surface area (TPSA) is 64.0 Å². The summed E-state index contributed by atoms with van der Waals surface area (Å²) >= 11 is 1.36. The Bertz CT molecular complexity index is 864. The highest BCUT2D eigenvalue weighted by atomic mass is 32.2. The second-order valence-corrected chi connectivity index (χ2v) is 8.51. The van der Waals surface area contributed by atoms with E-state index in [2.05, 4.69) is 24.1 Å². The number of rotatable bonds is 6. The molecule has 6 heteroatoms. The molecule has 1 aromatic carbocycles. The Labute approximate surface area is 164 Å². The monoisotopic (exact) mass is 387 g/mol. The average Bonchev–Trinajstić information content (AvgIpc) is 2.68. The van der Waals surface area contributed by atoms with E-state index in [1.165, 1.54) is 31.0 Å². The molecule has 1 fully saturated rings. The number of aromatic nitrogens is 2. The maximum Gasteiger partial charge on any atom is 0.262 e. The van der Waals surface area contributed by atoms with Crippen LogP contribution in [0.15, 0.2) is 34.2 Å². The van der Waals surface area contributed by atoms with Crippen molar-refractivity contribution in [2.45, 2.75) is 70.1 Å². The molecule has 1 heterocycles. The number of hydrogen-bond acceptors (Lipinski definition) is 4. The Morgan fingerprint density at radius 2 is 2.07 bits per heavy atom. The molecule has 1 aromatic heterocycles. The number of benzene rings is 1. The molecule has 1 aliphatic carbocycles. The molecule has 27 heavy (non-hydrogen) atoms. The Morgan fingerprint density at radius 3 is 2.81 bits per heavy atom. The molecule has 0 bridgehead atoms. The third-order valence-electron chi connectivity index (χ3n) is 5.60. The maximum atomic E-state index is 13.0. The summed E-state index contributed by atoms with van der Waals surface area (Å²) in [4.78, 5) is 30.1. The third kappa shape index (κ3) is 4.54. The van der Waals surface area contributed by atoms with Crippen LogP contribution in [-0.2, 0) is 4.79 Å². The minimum atomic E-state index is -0.0289. The first-order chi connectivity index (χ1) is 13.0. The summed E-state index contributed by atoms with van der Waals surface area (Å²) in [6.07, 6.45) is 5.51.